The third-order valence-electron chi connectivity index (χ3n) is 3.83. The fourth-order valence-corrected chi connectivity index (χ4v) is 3.41. The summed E-state index contributed by atoms with van der Waals surface area (Å²) in [4.78, 5) is 39.0. The van der Waals surface area contributed by atoms with Gasteiger partial charge in [-0.05, 0) is 24.5 Å². The smallest absolute Gasteiger partial charge is 0.309 e. The van der Waals surface area contributed by atoms with E-state index in [9.17, 15) is 14.4 Å². The van der Waals surface area contributed by atoms with Crippen LogP contribution in [0.2, 0.25) is 0 Å². The molecule has 0 saturated carbocycles. The van der Waals surface area contributed by atoms with Gasteiger partial charge in [-0.25, -0.2) is 5.43 Å². The summed E-state index contributed by atoms with van der Waals surface area (Å²) in [5.41, 5.74) is 2.75. The van der Waals surface area contributed by atoms with Crippen molar-refractivity contribution in [2.45, 2.75) is 26.3 Å². The van der Waals surface area contributed by atoms with Crippen LogP contribution >= 0.6 is 24.2 Å². The fraction of sp³-hybridized carbons (Fsp3) is 0.444. The second-order valence-electron chi connectivity index (χ2n) is 6.49. The van der Waals surface area contributed by atoms with Gasteiger partial charge in [0.1, 0.15) is 0 Å². The molecule has 0 bridgehead atoms. The second kappa shape index (κ2) is 10.9. The maximum Gasteiger partial charge on any atom is 0.309 e. The van der Waals surface area contributed by atoms with Gasteiger partial charge in [0.25, 0.3) is 5.91 Å². The number of amidine groups is 1. The van der Waals surface area contributed by atoms with Crippen LogP contribution in [0.1, 0.15) is 30.6 Å². The minimum Gasteiger partial charge on any atom is -0.352 e. The monoisotopic (exact) mass is 412 g/mol. The summed E-state index contributed by atoms with van der Waals surface area (Å²) >= 11 is 1.51. The van der Waals surface area contributed by atoms with Crippen molar-refractivity contribution in [2.24, 2.45) is 11.0 Å². The first-order valence-electron chi connectivity index (χ1n) is 8.50. The number of amides is 2. The third-order valence-corrected chi connectivity index (χ3v) is 4.87. The summed E-state index contributed by atoms with van der Waals surface area (Å²) in [7, 11) is 1.87. The summed E-state index contributed by atoms with van der Waals surface area (Å²) in [6.45, 7) is 4.70. The van der Waals surface area contributed by atoms with Crippen molar-refractivity contribution in [2.75, 3.05) is 19.3 Å². The van der Waals surface area contributed by atoms with Crippen LogP contribution in [0, 0.1) is 5.92 Å². The van der Waals surface area contributed by atoms with E-state index in [1.807, 2.05) is 25.8 Å². The van der Waals surface area contributed by atoms with E-state index in [4.69, 9.17) is 0 Å². The highest BCUT2D eigenvalue weighted by atomic mass is 35.5. The minimum atomic E-state index is -0.892. The Hall–Kier alpha value is -2.06. The molecule has 2 amide bonds. The molecule has 1 fully saturated rings. The Kier molecular flexibility index (Phi) is 9.31. The minimum absolute atomic E-state index is 0. The van der Waals surface area contributed by atoms with Crippen LogP contribution in [0.25, 0.3) is 0 Å². The normalized spacial score (nSPS) is 16.0. The number of hydrogen-bond donors (Lipinski definition) is 2. The lowest BCUT2D eigenvalue weighted by Crippen LogP contribution is -2.47. The molecule has 9 heteroatoms. The van der Waals surface area contributed by atoms with Gasteiger partial charge in [-0.3, -0.25) is 14.4 Å². The van der Waals surface area contributed by atoms with Crippen LogP contribution < -0.4 is 10.7 Å². The average Bonchev–Trinajstić information content (AvgIpc) is 3.03. The average molecular weight is 413 g/mol. The van der Waals surface area contributed by atoms with Crippen molar-refractivity contribution in [1.29, 1.82) is 0 Å². The topological polar surface area (TPSA) is 90.9 Å². The van der Waals surface area contributed by atoms with Gasteiger partial charge in [0, 0.05) is 24.9 Å². The number of thioether (sulfide) groups is 1. The summed E-state index contributed by atoms with van der Waals surface area (Å²) < 4.78 is 0. The summed E-state index contributed by atoms with van der Waals surface area (Å²) in [6, 6.07) is 7.71. The molecule has 2 N–H and O–H groups in total. The first-order valence-corrected chi connectivity index (χ1v) is 9.48. The van der Waals surface area contributed by atoms with Crippen LogP contribution in [0.3, 0.4) is 0 Å². The number of hydrogen-bond acceptors (Lipinski definition) is 5. The molecule has 27 heavy (non-hydrogen) atoms. The van der Waals surface area contributed by atoms with Crippen LogP contribution in [0.15, 0.2) is 35.4 Å². The van der Waals surface area contributed by atoms with E-state index in [0.717, 1.165) is 12.3 Å². The largest absolute Gasteiger partial charge is 0.352 e. The van der Waals surface area contributed by atoms with Gasteiger partial charge in [0.15, 0.2) is 5.17 Å². The number of nitrogens with zero attached hydrogens (tertiary/aromatic N) is 2. The van der Waals surface area contributed by atoms with Gasteiger partial charge in [-0.15, -0.1) is 17.5 Å². The Morgan fingerprint density at radius 2 is 1.89 bits per heavy atom. The maximum absolute atomic E-state index is 12.5. The molecule has 148 valence electrons. The number of carbonyl (C=O) groups is 3. The molecular formula is C18H25ClN4O3S. The van der Waals surface area contributed by atoms with Crippen LogP contribution in [-0.4, -0.2) is 53.1 Å². The summed E-state index contributed by atoms with van der Waals surface area (Å²) in [6.07, 6.45) is 0.371. The van der Waals surface area contributed by atoms with Gasteiger partial charge in [0.05, 0.1) is 6.04 Å². The van der Waals surface area contributed by atoms with Crippen molar-refractivity contribution in [3.8, 4) is 0 Å². The van der Waals surface area contributed by atoms with Crippen molar-refractivity contribution >= 4 is 46.9 Å². The number of Topliss-reactive ketones (excluding diaryl/α,β-unsaturated/α-hetero) is 1. The number of carbonyl (C=O) groups excluding carboxylic acids is 3. The highest BCUT2D eigenvalue weighted by Gasteiger charge is 2.28. The molecule has 1 aromatic rings. The third kappa shape index (κ3) is 6.88. The van der Waals surface area contributed by atoms with E-state index < -0.39 is 17.7 Å². The number of benzene rings is 1. The second-order valence-corrected chi connectivity index (χ2v) is 7.55. The lowest BCUT2D eigenvalue weighted by Gasteiger charge is -2.19. The lowest BCUT2D eigenvalue weighted by atomic mass is 9.99. The number of rotatable bonds is 7. The Labute approximate surface area is 169 Å². The fourth-order valence-electron chi connectivity index (χ4n) is 2.44. The number of nitrogens with one attached hydrogen (secondary N) is 2. The van der Waals surface area contributed by atoms with Crippen molar-refractivity contribution in [1.82, 2.24) is 15.6 Å². The van der Waals surface area contributed by atoms with Crippen molar-refractivity contribution in [3.63, 3.8) is 0 Å². The SMILES string of the molecule is CC(C)C[C@H](NC(=O)c1ccccc1)C(=O)C(=O)N/N=C1\SCCN1C.Cl. The standard InChI is InChI=1S/C18H24N4O3S.ClH/c1-12(2)11-14(19-16(24)13-7-5-4-6-8-13)15(23)17(25)20-21-18-22(3)9-10-26-18;/h4-8,12,14H,9-11H2,1-3H3,(H,19,24)(H,20,25);1H/b21-18-;/t14-;/m0./s1. The zero-order valence-corrected chi connectivity index (χ0v) is 17.2. The molecule has 1 heterocycles. The number of hydrazone groups is 1. The van der Waals surface area contributed by atoms with E-state index in [2.05, 4.69) is 15.8 Å². The molecule has 2 rings (SSSR count). The molecule has 1 atom stereocenters. The predicted octanol–water partition coefficient (Wildman–Crippen LogP) is 1.89. The van der Waals surface area contributed by atoms with Crippen molar-refractivity contribution < 1.29 is 14.4 Å². The maximum atomic E-state index is 12.5. The molecular weight excluding hydrogens is 388 g/mol. The quantitative estimate of drug-likeness (QED) is 0.527. The van der Waals surface area contributed by atoms with Gasteiger partial charge >= 0.3 is 5.91 Å². The Balaban J connectivity index is 0.00000364. The summed E-state index contributed by atoms with van der Waals surface area (Å²) in [5.74, 6) is -0.872. The molecule has 0 aromatic heterocycles. The first kappa shape index (κ1) is 23.0. The van der Waals surface area contributed by atoms with Crippen LogP contribution in [-0.2, 0) is 9.59 Å². The number of ketones is 1. The Morgan fingerprint density at radius 1 is 1.22 bits per heavy atom. The molecule has 1 aliphatic rings. The van der Waals surface area contributed by atoms with Crippen LogP contribution in [0.5, 0.6) is 0 Å². The molecule has 0 radical (unpaired) electrons. The van der Waals surface area contributed by atoms with Gasteiger partial charge in [-0.2, -0.15) is 0 Å². The Bertz CT molecular complexity index is 697. The van der Waals surface area contributed by atoms with Gasteiger partial charge in [-0.1, -0.05) is 43.8 Å². The van der Waals surface area contributed by atoms with E-state index in [1.54, 1.807) is 30.3 Å². The van der Waals surface area contributed by atoms with E-state index in [-0.39, 0.29) is 24.2 Å². The highest BCUT2D eigenvalue weighted by Crippen LogP contribution is 2.15. The molecule has 0 aliphatic carbocycles. The molecule has 1 aliphatic heterocycles. The molecule has 0 unspecified atom stereocenters. The van der Waals surface area contributed by atoms with Crippen LogP contribution in [0.4, 0.5) is 0 Å². The van der Waals surface area contributed by atoms with Gasteiger partial charge < -0.3 is 10.2 Å². The first-order chi connectivity index (χ1) is 12.4. The molecule has 0 spiro atoms. The lowest BCUT2D eigenvalue weighted by molar-refractivity contribution is -0.139. The van der Waals surface area contributed by atoms with E-state index in [0.29, 0.717) is 17.2 Å². The molecule has 1 aromatic carbocycles. The summed E-state index contributed by atoms with van der Waals surface area (Å²) in [5, 5.41) is 7.33. The predicted molar refractivity (Wildman–Crippen MR) is 110 cm³/mol. The zero-order valence-electron chi connectivity index (χ0n) is 15.6. The Morgan fingerprint density at radius 3 is 2.44 bits per heavy atom. The highest BCUT2D eigenvalue weighted by molar-refractivity contribution is 8.14. The van der Waals surface area contributed by atoms with Gasteiger partial charge in [0.2, 0.25) is 5.78 Å². The zero-order chi connectivity index (χ0) is 19.1. The van der Waals surface area contributed by atoms with E-state index in [1.165, 1.54) is 11.8 Å². The molecule has 7 nitrogen and oxygen atoms in total. The molecule has 1 saturated heterocycles. The number of halogens is 1. The van der Waals surface area contributed by atoms with E-state index >= 15 is 0 Å². The van der Waals surface area contributed by atoms with Crippen molar-refractivity contribution in [3.05, 3.63) is 35.9 Å².